The van der Waals surface area contributed by atoms with Gasteiger partial charge in [0.15, 0.2) is 0 Å². The lowest BCUT2D eigenvalue weighted by Crippen LogP contribution is -2.31. The van der Waals surface area contributed by atoms with E-state index in [0.717, 1.165) is 5.56 Å². The van der Waals surface area contributed by atoms with Crippen LogP contribution in [-0.4, -0.2) is 15.5 Å². The van der Waals surface area contributed by atoms with Gasteiger partial charge in [0.25, 0.3) is 5.91 Å². The first kappa shape index (κ1) is 15.0. The van der Waals surface area contributed by atoms with Crippen molar-refractivity contribution in [2.45, 2.75) is 6.04 Å². The van der Waals surface area contributed by atoms with Crippen LogP contribution >= 0.6 is 0 Å². The SMILES string of the molecule is Cn1ccnc1[C@H](NC(=O)c1ccccc1)c1ccc(F)cc1. The van der Waals surface area contributed by atoms with E-state index in [0.29, 0.717) is 11.4 Å². The number of amides is 1. The van der Waals surface area contributed by atoms with Crippen molar-refractivity contribution in [1.82, 2.24) is 14.9 Å². The Morgan fingerprint density at radius 3 is 2.43 bits per heavy atom. The normalized spacial score (nSPS) is 11.9. The van der Waals surface area contributed by atoms with Gasteiger partial charge < -0.3 is 9.88 Å². The van der Waals surface area contributed by atoms with Gasteiger partial charge in [0, 0.05) is 25.0 Å². The Hall–Kier alpha value is -2.95. The molecule has 3 rings (SSSR count). The summed E-state index contributed by atoms with van der Waals surface area (Å²) in [5.74, 6) is 0.158. The monoisotopic (exact) mass is 309 g/mol. The molecule has 0 unspecified atom stereocenters. The molecule has 1 amide bonds. The largest absolute Gasteiger partial charge is 0.338 e. The first-order chi connectivity index (χ1) is 11.1. The molecule has 2 aromatic carbocycles. The molecule has 0 aliphatic heterocycles. The van der Waals surface area contributed by atoms with Crippen molar-refractivity contribution in [3.8, 4) is 0 Å². The van der Waals surface area contributed by atoms with Crippen molar-refractivity contribution < 1.29 is 9.18 Å². The molecule has 0 aliphatic carbocycles. The molecule has 0 spiro atoms. The number of nitrogens with zero attached hydrogens (tertiary/aromatic N) is 2. The van der Waals surface area contributed by atoms with E-state index >= 15 is 0 Å². The van der Waals surface area contributed by atoms with Gasteiger partial charge in [0.2, 0.25) is 0 Å². The lowest BCUT2D eigenvalue weighted by molar-refractivity contribution is 0.0941. The number of halogens is 1. The quantitative estimate of drug-likeness (QED) is 0.805. The minimum absolute atomic E-state index is 0.206. The van der Waals surface area contributed by atoms with Crippen LogP contribution in [0.1, 0.15) is 27.8 Å². The molecule has 0 saturated heterocycles. The Kier molecular flexibility index (Phi) is 4.19. The molecule has 1 atom stereocenters. The number of aromatic nitrogens is 2. The molecule has 5 heteroatoms. The second kappa shape index (κ2) is 6.44. The first-order valence-electron chi connectivity index (χ1n) is 7.24. The Balaban J connectivity index is 1.94. The van der Waals surface area contributed by atoms with Crippen molar-refractivity contribution >= 4 is 5.91 Å². The number of carbonyl (C=O) groups is 1. The third-order valence-electron chi connectivity index (χ3n) is 3.63. The zero-order chi connectivity index (χ0) is 16.2. The number of hydrogen-bond acceptors (Lipinski definition) is 2. The second-order valence-corrected chi connectivity index (χ2v) is 5.22. The summed E-state index contributed by atoms with van der Waals surface area (Å²) in [5, 5.41) is 2.97. The van der Waals surface area contributed by atoms with Crippen LogP contribution < -0.4 is 5.32 Å². The fourth-order valence-electron chi connectivity index (χ4n) is 2.41. The minimum atomic E-state index is -0.455. The van der Waals surface area contributed by atoms with E-state index in [1.807, 2.05) is 29.8 Å². The fourth-order valence-corrected chi connectivity index (χ4v) is 2.41. The maximum absolute atomic E-state index is 13.2. The summed E-state index contributed by atoms with van der Waals surface area (Å²) in [6, 6.07) is 14.6. The predicted octanol–water partition coefficient (Wildman–Crippen LogP) is 3.08. The Morgan fingerprint density at radius 2 is 1.83 bits per heavy atom. The van der Waals surface area contributed by atoms with Crippen molar-refractivity contribution in [2.24, 2.45) is 7.05 Å². The van der Waals surface area contributed by atoms with Crippen LogP contribution in [0.15, 0.2) is 67.0 Å². The molecule has 0 saturated carbocycles. The number of hydrogen-bond donors (Lipinski definition) is 1. The van der Waals surface area contributed by atoms with E-state index in [9.17, 15) is 9.18 Å². The summed E-state index contributed by atoms with van der Waals surface area (Å²) in [5.41, 5.74) is 1.33. The summed E-state index contributed by atoms with van der Waals surface area (Å²) < 4.78 is 15.0. The Labute approximate surface area is 133 Å². The molecule has 116 valence electrons. The maximum Gasteiger partial charge on any atom is 0.252 e. The van der Waals surface area contributed by atoms with Crippen molar-refractivity contribution in [3.05, 3.63) is 89.8 Å². The van der Waals surface area contributed by atoms with Gasteiger partial charge in [-0.3, -0.25) is 4.79 Å². The molecule has 0 bridgehead atoms. The molecule has 3 aromatic rings. The van der Waals surface area contributed by atoms with Gasteiger partial charge in [-0.2, -0.15) is 0 Å². The van der Waals surface area contributed by atoms with Gasteiger partial charge in [-0.1, -0.05) is 30.3 Å². The summed E-state index contributed by atoms with van der Waals surface area (Å²) in [4.78, 5) is 16.8. The summed E-state index contributed by atoms with van der Waals surface area (Å²) >= 11 is 0. The highest BCUT2D eigenvalue weighted by molar-refractivity contribution is 5.94. The Morgan fingerprint density at radius 1 is 1.13 bits per heavy atom. The zero-order valence-corrected chi connectivity index (χ0v) is 12.6. The number of imidazole rings is 1. The molecule has 1 heterocycles. The van der Waals surface area contributed by atoms with Gasteiger partial charge in [-0.05, 0) is 29.8 Å². The third kappa shape index (κ3) is 3.29. The molecule has 0 aliphatic rings. The van der Waals surface area contributed by atoms with Crippen molar-refractivity contribution in [2.75, 3.05) is 0 Å². The highest BCUT2D eigenvalue weighted by atomic mass is 19.1. The van der Waals surface area contributed by atoms with E-state index in [1.165, 1.54) is 12.1 Å². The van der Waals surface area contributed by atoms with E-state index < -0.39 is 6.04 Å². The van der Waals surface area contributed by atoms with E-state index in [2.05, 4.69) is 10.3 Å². The lowest BCUT2D eigenvalue weighted by Gasteiger charge is -2.19. The minimum Gasteiger partial charge on any atom is -0.338 e. The van der Waals surface area contributed by atoms with Gasteiger partial charge in [0.1, 0.15) is 17.7 Å². The molecule has 1 N–H and O–H groups in total. The topological polar surface area (TPSA) is 46.9 Å². The van der Waals surface area contributed by atoms with Gasteiger partial charge >= 0.3 is 0 Å². The van der Waals surface area contributed by atoms with E-state index in [1.54, 1.807) is 36.7 Å². The molecule has 0 radical (unpaired) electrons. The van der Waals surface area contributed by atoms with Crippen molar-refractivity contribution in [1.29, 1.82) is 0 Å². The molecule has 4 nitrogen and oxygen atoms in total. The fraction of sp³-hybridized carbons (Fsp3) is 0.111. The maximum atomic E-state index is 13.2. The zero-order valence-electron chi connectivity index (χ0n) is 12.6. The lowest BCUT2D eigenvalue weighted by atomic mass is 10.1. The molecule has 23 heavy (non-hydrogen) atoms. The number of aryl methyl sites for hydroxylation is 1. The smallest absolute Gasteiger partial charge is 0.252 e. The third-order valence-corrected chi connectivity index (χ3v) is 3.63. The average Bonchev–Trinajstić information content (AvgIpc) is 3.00. The molecular formula is C18H16FN3O. The number of carbonyl (C=O) groups excluding carboxylic acids is 1. The van der Waals surface area contributed by atoms with Crippen molar-refractivity contribution in [3.63, 3.8) is 0 Å². The number of rotatable bonds is 4. The first-order valence-corrected chi connectivity index (χ1v) is 7.24. The number of benzene rings is 2. The molecule has 1 aromatic heterocycles. The van der Waals surface area contributed by atoms with Crippen LogP contribution in [0.5, 0.6) is 0 Å². The predicted molar refractivity (Wildman–Crippen MR) is 85.4 cm³/mol. The standard InChI is InChI=1S/C18H16FN3O/c1-22-12-11-20-17(22)16(13-7-9-15(19)10-8-13)21-18(23)14-5-3-2-4-6-14/h2-12,16H,1H3,(H,21,23)/t16-/m1/s1. The van der Waals surface area contributed by atoms with Crippen LogP contribution in [0.3, 0.4) is 0 Å². The van der Waals surface area contributed by atoms with E-state index in [4.69, 9.17) is 0 Å². The molecule has 0 fully saturated rings. The molecular weight excluding hydrogens is 293 g/mol. The number of nitrogens with one attached hydrogen (secondary N) is 1. The van der Waals surface area contributed by atoms with Crippen LogP contribution in [0, 0.1) is 5.82 Å². The van der Waals surface area contributed by atoms with Crippen LogP contribution in [0.4, 0.5) is 4.39 Å². The highest BCUT2D eigenvalue weighted by Crippen LogP contribution is 2.21. The summed E-state index contributed by atoms with van der Waals surface area (Å²) in [6.45, 7) is 0. The highest BCUT2D eigenvalue weighted by Gasteiger charge is 2.21. The van der Waals surface area contributed by atoms with E-state index in [-0.39, 0.29) is 11.7 Å². The summed E-state index contributed by atoms with van der Waals surface area (Å²) in [6.07, 6.45) is 3.47. The van der Waals surface area contributed by atoms with Gasteiger partial charge in [0.05, 0.1) is 0 Å². The Bertz CT molecular complexity index is 797. The van der Waals surface area contributed by atoms with Gasteiger partial charge in [-0.15, -0.1) is 0 Å². The summed E-state index contributed by atoms with van der Waals surface area (Å²) in [7, 11) is 1.85. The van der Waals surface area contributed by atoms with Crippen LogP contribution in [0.25, 0.3) is 0 Å². The average molecular weight is 309 g/mol. The van der Waals surface area contributed by atoms with Crippen LogP contribution in [0.2, 0.25) is 0 Å². The van der Waals surface area contributed by atoms with Gasteiger partial charge in [-0.25, -0.2) is 9.37 Å². The van der Waals surface area contributed by atoms with Crippen LogP contribution in [-0.2, 0) is 7.05 Å². The second-order valence-electron chi connectivity index (χ2n) is 5.22.